The van der Waals surface area contributed by atoms with Gasteiger partial charge in [0.2, 0.25) is 5.91 Å². The quantitative estimate of drug-likeness (QED) is 0.426. The highest BCUT2D eigenvalue weighted by Gasteiger charge is 2.12. The molecule has 3 aromatic rings. The first-order chi connectivity index (χ1) is 15.5. The second-order valence-electron chi connectivity index (χ2n) is 7.74. The van der Waals surface area contributed by atoms with Gasteiger partial charge in [-0.2, -0.15) is 5.10 Å². The molecule has 0 fully saturated rings. The minimum atomic E-state index is -0.0932. The number of rotatable bonds is 11. The van der Waals surface area contributed by atoms with Crippen LogP contribution in [0.2, 0.25) is 0 Å². The van der Waals surface area contributed by atoms with Crippen LogP contribution in [0, 0.1) is 0 Å². The predicted molar refractivity (Wildman–Crippen MR) is 126 cm³/mol. The number of methoxy groups -OCH3 is 1. The van der Waals surface area contributed by atoms with Crippen LogP contribution in [0.25, 0.3) is 11.1 Å². The summed E-state index contributed by atoms with van der Waals surface area (Å²) in [7, 11) is 5.60. The van der Waals surface area contributed by atoms with Crippen LogP contribution in [-0.4, -0.2) is 55.4 Å². The maximum Gasteiger partial charge on any atom is 0.224 e. The Labute approximate surface area is 188 Å². The van der Waals surface area contributed by atoms with Gasteiger partial charge in [0.1, 0.15) is 18.1 Å². The summed E-state index contributed by atoms with van der Waals surface area (Å²) in [4.78, 5) is 14.8. The number of likely N-dealkylation sites (N-methyl/N-ethyl adjacent to an activating group) is 1. The fourth-order valence-corrected chi connectivity index (χ4v) is 3.29. The van der Waals surface area contributed by atoms with Crippen molar-refractivity contribution >= 4 is 11.6 Å². The van der Waals surface area contributed by atoms with Crippen LogP contribution in [-0.2, 0) is 17.8 Å². The summed E-state index contributed by atoms with van der Waals surface area (Å²) in [6.45, 7) is 1.69. The van der Waals surface area contributed by atoms with Gasteiger partial charge < -0.3 is 25.4 Å². The Kier molecular flexibility index (Phi) is 8.24. The Morgan fingerprint density at radius 2 is 2.00 bits per heavy atom. The molecule has 0 bridgehead atoms. The molecule has 2 aromatic carbocycles. The van der Waals surface area contributed by atoms with Crippen LogP contribution in [0.1, 0.15) is 17.5 Å². The van der Waals surface area contributed by atoms with Crippen molar-refractivity contribution < 1.29 is 14.3 Å². The van der Waals surface area contributed by atoms with Crippen LogP contribution < -0.4 is 20.5 Å². The van der Waals surface area contributed by atoms with E-state index in [1.54, 1.807) is 13.3 Å². The van der Waals surface area contributed by atoms with Crippen molar-refractivity contribution in [1.82, 2.24) is 15.1 Å². The number of carbonyl (C=O) groups is 1. The van der Waals surface area contributed by atoms with E-state index in [-0.39, 0.29) is 5.91 Å². The van der Waals surface area contributed by atoms with Crippen molar-refractivity contribution in [3.05, 3.63) is 59.9 Å². The van der Waals surface area contributed by atoms with Gasteiger partial charge in [-0.25, -0.2) is 0 Å². The average molecular weight is 438 g/mol. The summed E-state index contributed by atoms with van der Waals surface area (Å²) in [6.07, 6.45) is 4.46. The molecule has 0 spiro atoms. The molecule has 0 atom stereocenters. The van der Waals surface area contributed by atoms with Crippen LogP contribution in [0.3, 0.4) is 0 Å². The number of aromatic nitrogens is 2. The number of nitrogens with two attached hydrogens (primary N) is 1. The van der Waals surface area contributed by atoms with Crippen LogP contribution in [0.4, 0.5) is 5.69 Å². The number of anilines is 1. The summed E-state index contributed by atoms with van der Waals surface area (Å²) < 4.78 is 11.3. The summed E-state index contributed by atoms with van der Waals surface area (Å²) >= 11 is 0. The molecule has 0 unspecified atom stereocenters. The van der Waals surface area contributed by atoms with E-state index < -0.39 is 0 Å². The third kappa shape index (κ3) is 6.32. The minimum Gasteiger partial charge on any atom is -0.497 e. The monoisotopic (exact) mass is 437 g/mol. The fourth-order valence-electron chi connectivity index (χ4n) is 3.29. The highest BCUT2D eigenvalue weighted by atomic mass is 16.5. The highest BCUT2D eigenvalue weighted by Crippen LogP contribution is 2.31. The van der Waals surface area contributed by atoms with E-state index in [0.717, 1.165) is 34.5 Å². The number of H-pyrrole nitrogens is 1. The third-order valence-electron chi connectivity index (χ3n) is 5.14. The standard InChI is InChI=1S/C24H31N5O3/c1-29(2)10-11-32-23-13-18(20-15-26-27-16-20)5-8-22(23)28-24(30)9-6-17-12-21(31-3)7-4-19(17)14-25/h4-5,7-8,12-13,15-16H,6,9-11,14,25H2,1-3H3,(H,26,27)(H,28,30). The summed E-state index contributed by atoms with van der Waals surface area (Å²) in [5.41, 5.74) is 10.4. The Morgan fingerprint density at radius 3 is 2.69 bits per heavy atom. The summed E-state index contributed by atoms with van der Waals surface area (Å²) in [5.74, 6) is 1.29. The number of ether oxygens (including phenoxy) is 2. The van der Waals surface area contributed by atoms with Crippen LogP contribution in [0.15, 0.2) is 48.8 Å². The number of hydrogen-bond donors (Lipinski definition) is 3. The zero-order valence-electron chi connectivity index (χ0n) is 18.9. The van der Waals surface area contributed by atoms with Gasteiger partial charge in [0.05, 0.1) is 19.0 Å². The molecule has 3 rings (SSSR count). The lowest BCUT2D eigenvalue weighted by Crippen LogP contribution is -2.20. The van der Waals surface area contributed by atoms with Gasteiger partial charge in [-0.3, -0.25) is 9.89 Å². The molecule has 0 saturated carbocycles. The summed E-state index contributed by atoms with van der Waals surface area (Å²) in [6, 6.07) is 11.5. The summed E-state index contributed by atoms with van der Waals surface area (Å²) in [5, 5.41) is 9.82. The van der Waals surface area contributed by atoms with Gasteiger partial charge in [0.15, 0.2) is 0 Å². The molecule has 1 aromatic heterocycles. The Hall–Kier alpha value is -3.36. The lowest BCUT2D eigenvalue weighted by molar-refractivity contribution is -0.116. The molecular weight excluding hydrogens is 406 g/mol. The number of benzene rings is 2. The van der Waals surface area contributed by atoms with Crippen molar-refractivity contribution in [1.29, 1.82) is 0 Å². The lowest BCUT2D eigenvalue weighted by atomic mass is 10.0. The zero-order valence-corrected chi connectivity index (χ0v) is 18.9. The highest BCUT2D eigenvalue weighted by molar-refractivity contribution is 5.93. The van der Waals surface area contributed by atoms with Crippen LogP contribution >= 0.6 is 0 Å². The van der Waals surface area contributed by atoms with E-state index in [4.69, 9.17) is 15.2 Å². The molecule has 0 aliphatic rings. The van der Waals surface area contributed by atoms with Crippen molar-refractivity contribution in [2.24, 2.45) is 5.73 Å². The topological polar surface area (TPSA) is 106 Å². The smallest absolute Gasteiger partial charge is 0.224 e. The molecule has 170 valence electrons. The Balaban J connectivity index is 1.71. The van der Waals surface area contributed by atoms with E-state index in [1.807, 2.05) is 61.6 Å². The molecule has 0 saturated heterocycles. The van der Waals surface area contributed by atoms with E-state index >= 15 is 0 Å². The van der Waals surface area contributed by atoms with E-state index in [2.05, 4.69) is 15.5 Å². The van der Waals surface area contributed by atoms with Gasteiger partial charge >= 0.3 is 0 Å². The fraction of sp³-hybridized carbons (Fsp3) is 0.333. The third-order valence-corrected chi connectivity index (χ3v) is 5.14. The molecule has 1 amide bonds. The van der Waals surface area contributed by atoms with Gasteiger partial charge in [-0.1, -0.05) is 12.1 Å². The van der Waals surface area contributed by atoms with Crippen molar-refractivity contribution in [2.75, 3.05) is 39.7 Å². The normalized spacial score (nSPS) is 10.9. The van der Waals surface area contributed by atoms with E-state index in [1.165, 1.54) is 0 Å². The van der Waals surface area contributed by atoms with Gasteiger partial charge in [0, 0.05) is 31.3 Å². The number of amides is 1. The van der Waals surface area contributed by atoms with Crippen molar-refractivity contribution in [2.45, 2.75) is 19.4 Å². The van der Waals surface area contributed by atoms with Crippen LogP contribution in [0.5, 0.6) is 11.5 Å². The first kappa shape index (κ1) is 23.3. The van der Waals surface area contributed by atoms with Crippen molar-refractivity contribution in [3.63, 3.8) is 0 Å². The minimum absolute atomic E-state index is 0.0932. The Bertz CT molecular complexity index is 1020. The van der Waals surface area contributed by atoms with E-state index in [0.29, 0.717) is 37.4 Å². The second kappa shape index (κ2) is 11.3. The van der Waals surface area contributed by atoms with E-state index in [9.17, 15) is 4.79 Å². The van der Waals surface area contributed by atoms with Crippen molar-refractivity contribution in [3.8, 4) is 22.6 Å². The first-order valence-corrected chi connectivity index (χ1v) is 10.6. The lowest BCUT2D eigenvalue weighted by Gasteiger charge is -2.16. The van der Waals surface area contributed by atoms with Gasteiger partial charge in [-0.15, -0.1) is 0 Å². The number of aryl methyl sites for hydroxylation is 1. The maximum atomic E-state index is 12.7. The SMILES string of the molecule is COc1ccc(CN)c(CCC(=O)Nc2ccc(-c3cn[nH]c3)cc2OCCN(C)C)c1. The number of hydrogen-bond acceptors (Lipinski definition) is 6. The number of aromatic amines is 1. The second-order valence-corrected chi connectivity index (χ2v) is 7.74. The predicted octanol–water partition coefficient (Wildman–Crippen LogP) is 3.06. The number of carbonyl (C=O) groups excluding carboxylic acids is 1. The molecule has 0 radical (unpaired) electrons. The van der Waals surface area contributed by atoms with Gasteiger partial charge in [0.25, 0.3) is 0 Å². The Morgan fingerprint density at radius 1 is 1.16 bits per heavy atom. The average Bonchev–Trinajstić information content (AvgIpc) is 3.33. The zero-order chi connectivity index (χ0) is 22.9. The molecule has 0 aliphatic heterocycles. The molecule has 8 heteroatoms. The molecule has 1 heterocycles. The maximum absolute atomic E-state index is 12.7. The largest absolute Gasteiger partial charge is 0.497 e. The first-order valence-electron chi connectivity index (χ1n) is 10.6. The number of nitrogens with one attached hydrogen (secondary N) is 2. The number of nitrogens with zero attached hydrogens (tertiary/aromatic N) is 2. The molecular formula is C24H31N5O3. The molecule has 4 N–H and O–H groups in total. The molecule has 32 heavy (non-hydrogen) atoms. The molecule has 8 nitrogen and oxygen atoms in total. The molecule has 0 aliphatic carbocycles. The van der Waals surface area contributed by atoms with Gasteiger partial charge in [-0.05, 0) is 61.5 Å².